The average Bonchev–Trinajstić information content (AvgIpc) is 3.63. The molecule has 5 heterocycles. The van der Waals surface area contributed by atoms with Crippen molar-refractivity contribution in [3.8, 4) is 29.5 Å². The number of carbonyl (C=O) groups excluding carboxylic acids is 1. The van der Waals surface area contributed by atoms with Crippen LogP contribution in [0.25, 0.3) is 22.2 Å². The van der Waals surface area contributed by atoms with Gasteiger partial charge >= 0.3 is 0 Å². The number of pyridine rings is 2. The number of fused-ring (bicyclic) bond motifs is 1. The fourth-order valence-corrected chi connectivity index (χ4v) is 5.46. The molecule has 6 rings (SSSR count). The van der Waals surface area contributed by atoms with Crippen LogP contribution in [-0.2, 0) is 0 Å². The van der Waals surface area contributed by atoms with Crippen molar-refractivity contribution in [2.75, 3.05) is 31.6 Å². The van der Waals surface area contributed by atoms with E-state index < -0.39 is 0 Å². The molecule has 3 aromatic heterocycles. The molecule has 0 spiro atoms. The molecule has 2 aliphatic heterocycles. The number of hydrazine groups is 1. The molecular formula is C32H30N8O. The number of nitrogens with zero attached hydrogens (tertiary/aromatic N) is 6. The molecular weight excluding hydrogens is 512 g/mol. The van der Waals surface area contributed by atoms with Crippen LogP contribution in [0, 0.1) is 23.7 Å². The Kier molecular flexibility index (Phi) is 6.66. The zero-order valence-corrected chi connectivity index (χ0v) is 23.1. The zero-order valence-electron chi connectivity index (χ0n) is 23.1. The molecule has 9 heteroatoms. The summed E-state index contributed by atoms with van der Waals surface area (Å²) < 4.78 is 1.78. The Morgan fingerprint density at radius 2 is 1.90 bits per heavy atom. The van der Waals surface area contributed by atoms with E-state index in [0.29, 0.717) is 11.1 Å². The number of terminal acetylenes is 1. The van der Waals surface area contributed by atoms with Gasteiger partial charge in [0.2, 0.25) is 0 Å². The Labute approximate surface area is 239 Å². The number of amides is 1. The number of rotatable bonds is 5. The number of nitriles is 1. The number of benzene rings is 1. The summed E-state index contributed by atoms with van der Waals surface area (Å²) in [6, 6.07) is 15.6. The van der Waals surface area contributed by atoms with Crippen molar-refractivity contribution in [1.82, 2.24) is 30.3 Å². The standard InChI is InChI=1S/C32H30N8O/c1-4-22-5-7-23(8-6-22)31(41)37-32(2)11-13-39(14-12-32)29-10-9-24(17-34-29)28-15-25(27-19-35-38(3)20-27)21-40-30(28)26(16-33)18-36-40/h1,5-10,15,17-18,20-21,35H,11-14,19H2,2-3H3,(H,37,41). The van der Waals surface area contributed by atoms with Crippen LogP contribution in [0.15, 0.2) is 67.3 Å². The number of hydrogen-bond donors (Lipinski definition) is 2. The molecule has 0 radical (unpaired) electrons. The van der Waals surface area contributed by atoms with Gasteiger partial charge in [-0.3, -0.25) is 4.79 Å². The second kappa shape index (κ2) is 10.5. The van der Waals surface area contributed by atoms with E-state index in [2.05, 4.69) is 58.0 Å². The van der Waals surface area contributed by atoms with Gasteiger partial charge in [-0.15, -0.1) is 6.42 Å². The summed E-state index contributed by atoms with van der Waals surface area (Å²) in [6.07, 6.45) is 14.5. The molecule has 1 fully saturated rings. The van der Waals surface area contributed by atoms with Crippen LogP contribution in [0.4, 0.5) is 5.82 Å². The summed E-state index contributed by atoms with van der Waals surface area (Å²) in [7, 11) is 1.97. The van der Waals surface area contributed by atoms with E-state index in [-0.39, 0.29) is 11.4 Å². The molecule has 0 saturated carbocycles. The van der Waals surface area contributed by atoms with Crippen LogP contribution < -0.4 is 15.6 Å². The Bertz CT molecular complexity index is 1730. The summed E-state index contributed by atoms with van der Waals surface area (Å²) in [5.74, 6) is 3.37. The number of carbonyl (C=O) groups is 1. The molecule has 0 atom stereocenters. The first-order valence-electron chi connectivity index (χ1n) is 13.6. The fraction of sp³-hybridized carbons (Fsp3) is 0.250. The summed E-state index contributed by atoms with van der Waals surface area (Å²) >= 11 is 0. The third-order valence-electron chi connectivity index (χ3n) is 7.95. The maximum Gasteiger partial charge on any atom is 0.251 e. The van der Waals surface area contributed by atoms with E-state index in [4.69, 9.17) is 11.4 Å². The van der Waals surface area contributed by atoms with Crippen molar-refractivity contribution in [3.05, 3.63) is 89.5 Å². The van der Waals surface area contributed by atoms with Crippen molar-refractivity contribution in [3.63, 3.8) is 0 Å². The summed E-state index contributed by atoms with van der Waals surface area (Å²) in [5, 5.41) is 19.3. The monoisotopic (exact) mass is 542 g/mol. The lowest BCUT2D eigenvalue weighted by Gasteiger charge is -2.40. The van der Waals surface area contributed by atoms with Crippen LogP contribution in [0.3, 0.4) is 0 Å². The molecule has 2 aliphatic rings. The molecule has 4 aromatic rings. The van der Waals surface area contributed by atoms with E-state index in [0.717, 1.165) is 71.6 Å². The molecule has 2 N–H and O–H groups in total. The van der Waals surface area contributed by atoms with E-state index in [1.807, 2.05) is 30.5 Å². The molecule has 1 aromatic carbocycles. The summed E-state index contributed by atoms with van der Waals surface area (Å²) in [5.41, 5.74) is 9.62. The maximum absolute atomic E-state index is 12.9. The Balaban J connectivity index is 1.19. The number of hydrogen-bond acceptors (Lipinski definition) is 7. The van der Waals surface area contributed by atoms with Crippen molar-refractivity contribution in [2.24, 2.45) is 0 Å². The van der Waals surface area contributed by atoms with Crippen molar-refractivity contribution in [1.29, 1.82) is 5.26 Å². The number of piperidine rings is 1. The van der Waals surface area contributed by atoms with E-state index in [1.54, 1.807) is 35.0 Å². The first-order chi connectivity index (χ1) is 19.9. The number of nitrogens with one attached hydrogen (secondary N) is 2. The van der Waals surface area contributed by atoms with E-state index >= 15 is 0 Å². The Morgan fingerprint density at radius 1 is 1.12 bits per heavy atom. The molecule has 0 bridgehead atoms. The lowest BCUT2D eigenvalue weighted by atomic mass is 9.89. The van der Waals surface area contributed by atoms with Crippen LogP contribution in [0.2, 0.25) is 0 Å². The molecule has 1 saturated heterocycles. The highest BCUT2D eigenvalue weighted by Gasteiger charge is 2.32. The molecule has 204 valence electrons. The molecule has 0 unspecified atom stereocenters. The minimum absolute atomic E-state index is 0.0899. The van der Waals surface area contributed by atoms with Gasteiger partial charge in [0.25, 0.3) is 5.91 Å². The van der Waals surface area contributed by atoms with Crippen molar-refractivity contribution < 1.29 is 4.79 Å². The van der Waals surface area contributed by atoms with Gasteiger partial charge in [0.1, 0.15) is 11.9 Å². The van der Waals surface area contributed by atoms with E-state index in [9.17, 15) is 10.1 Å². The normalized spacial score (nSPS) is 16.2. The molecule has 0 aliphatic carbocycles. The topological polar surface area (TPSA) is 102 Å². The van der Waals surface area contributed by atoms with Gasteiger partial charge in [0.05, 0.1) is 17.3 Å². The Hall–Kier alpha value is -5.12. The minimum atomic E-state index is -0.308. The van der Waals surface area contributed by atoms with Gasteiger partial charge < -0.3 is 15.2 Å². The quantitative estimate of drug-likeness (QED) is 0.370. The van der Waals surface area contributed by atoms with E-state index in [1.165, 1.54) is 0 Å². The van der Waals surface area contributed by atoms with Gasteiger partial charge in [0.15, 0.2) is 0 Å². The minimum Gasteiger partial charge on any atom is -0.356 e. The van der Waals surface area contributed by atoms with Crippen LogP contribution >= 0.6 is 0 Å². The molecule has 1 amide bonds. The van der Waals surface area contributed by atoms with Crippen molar-refractivity contribution in [2.45, 2.75) is 25.3 Å². The predicted octanol–water partition coefficient (Wildman–Crippen LogP) is 3.83. The number of aromatic nitrogens is 3. The largest absolute Gasteiger partial charge is 0.356 e. The van der Waals surface area contributed by atoms with Gasteiger partial charge in [-0.2, -0.15) is 10.4 Å². The van der Waals surface area contributed by atoms with Gasteiger partial charge in [-0.05, 0) is 73.4 Å². The van der Waals surface area contributed by atoms with Crippen LogP contribution in [-0.4, -0.2) is 57.7 Å². The van der Waals surface area contributed by atoms with Crippen molar-refractivity contribution >= 4 is 22.8 Å². The predicted molar refractivity (Wildman–Crippen MR) is 159 cm³/mol. The highest BCUT2D eigenvalue weighted by molar-refractivity contribution is 5.94. The third-order valence-corrected chi connectivity index (χ3v) is 7.95. The first kappa shape index (κ1) is 26.1. The highest BCUT2D eigenvalue weighted by Crippen LogP contribution is 2.32. The Morgan fingerprint density at radius 3 is 2.54 bits per heavy atom. The zero-order chi connectivity index (χ0) is 28.6. The highest BCUT2D eigenvalue weighted by atomic mass is 16.1. The smallest absolute Gasteiger partial charge is 0.251 e. The lowest BCUT2D eigenvalue weighted by Crippen LogP contribution is -2.53. The average molecular weight is 543 g/mol. The van der Waals surface area contributed by atoms with Gasteiger partial charge in [-0.1, -0.05) is 5.92 Å². The summed E-state index contributed by atoms with van der Waals surface area (Å²) in [6.45, 7) is 4.36. The molecule has 9 nitrogen and oxygen atoms in total. The second-order valence-electron chi connectivity index (χ2n) is 10.8. The molecule has 41 heavy (non-hydrogen) atoms. The SMILES string of the molecule is C#Cc1ccc(C(=O)NC2(C)CCN(c3ccc(-c4cc(C5=CN(C)NC5)cn5ncc(C#N)c45)cn3)CC2)cc1. The lowest BCUT2D eigenvalue weighted by molar-refractivity contribution is 0.0891. The number of anilines is 1. The van der Waals surface area contributed by atoms with Crippen LogP contribution in [0.1, 0.15) is 46.8 Å². The van der Waals surface area contributed by atoms with Gasteiger partial charge in [-0.25, -0.2) is 14.9 Å². The first-order valence-corrected chi connectivity index (χ1v) is 13.6. The maximum atomic E-state index is 12.9. The van der Waals surface area contributed by atoms with Crippen LogP contribution in [0.5, 0.6) is 0 Å². The summed E-state index contributed by atoms with van der Waals surface area (Å²) in [4.78, 5) is 19.9. The van der Waals surface area contributed by atoms with Gasteiger partial charge in [0, 0.05) is 73.1 Å². The second-order valence-corrected chi connectivity index (χ2v) is 10.8. The third kappa shape index (κ3) is 5.11. The fourth-order valence-electron chi connectivity index (χ4n) is 5.46.